The number of thioether (sulfide) groups is 1. The molecule has 7 nitrogen and oxygen atoms in total. The summed E-state index contributed by atoms with van der Waals surface area (Å²) in [6, 6.07) is 5.59. The fourth-order valence-corrected chi connectivity index (χ4v) is 3.32. The number of halogens is 2. The van der Waals surface area contributed by atoms with E-state index in [2.05, 4.69) is 20.2 Å². The maximum atomic E-state index is 6.08. The highest BCUT2D eigenvalue weighted by molar-refractivity contribution is 7.98. The Bertz CT molecular complexity index is 910. The number of nitrogens with zero attached hydrogens (tertiary/aromatic N) is 7. The Labute approximate surface area is 160 Å². The molecule has 2 heterocycles. The maximum Gasteiger partial charge on any atom is 0.261 e. The van der Waals surface area contributed by atoms with Crippen molar-refractivity contribution >= 4 is 52.6 Å². The van der Waals surface area contributed by atoms with E-state index in [1.807, 2.05) is 54.5 Å². The van der Waals surface area contributed by atoms with Gasteiger partial charge in [-0.1, -0.05) is 41.0 Å². The molecule has 3 aromatic rings. The van der Waals surface area contributed by atoms with Crippen LogP contribution in [0.25, 0.3) is 5.78 Å². The van der Waals surface area contributed by atoms with Crippen LogP contribution in [0.4, 0.5) is 11.9 Å². The van der Waals surface area contributed by atoms with Crippen LogP contribution >= 0.6 is 35.0 Å². The lowest BCUT2D eigenvalue weighted by atomic mass is 10.2. The second-order valence-electron chi connectivity index (χ2n) is 5.77. The van der Waals surface area contributed by atoms with E-state index in [-0.39, 0.29) is 0 Å². The first-order valence-corrected chi connectivity index (χ1v) is 9.15. The lowest BCUT2D eigenvalue weighted by Crippen LogP contribution is -2.20. The number of fused-ring (bicyclic) bond motifs is 1. The molecule has 0 aliphatic heterocycles. The molecule has 0 unspecified atom stereocenters. The van der Waals surface area contributed by atoms with Gasteiger partial charge in [-0.15, -0.1) is 10.2 Å². The average Bonchev–Trinajstić information content (AvgIpc) is 2.98. The summed E-state index contributed by atoms with van der Waals surface area (Å²) < 4.78 is 1.84. The molecule has 0 bridgehead atoms. The first kappa shape index (κ1) is 18.0. The molecule has 0 radical (unpaired) electrons. The molecule has 0 aliphatic carbocycles. The zero-order chi connectivity index (χ0) is 18.1. The number of hydrogen-bond donors (Lipinski definition) is 0. The van der Waals surface area contributed by atoms with Gasteiger partial charge in [0.25, 0.3) is 5.78 Å². The Morgan fingerprint density at radius 2 is 1.76 bits per heavy atom. The fraction of sp³-hybridized carbons (Fsp3) is 0.333. The molecule has 0 saturated carbocycles. The van der Waals surface area contributed by atoms with Crippen molar-refractivity contribution in [3.05, 3.63) is 33.8 Å². The minimum absolute atomic E-state index is 0.513. The molecule has 0 fully saturated rings. The highest BCUT2D eigenvalue weighted by Gasteiger charge is 2.17. The molecule has 3 rings (SSSR count). The quantitative estimate of drug-likeness (QED) is 0.612. The Morgan fingerprint density at radius 3 is 2.40 bits per heavy atom. The molecular formula is C15H17Cl2N7S. The Morgan fingerprint density at radius 1 is 1.00 bits per heavy atom. The zero-order valence-electron chi connectivity index (χ0n) is 14.2. The molecule has 25 heavy (non-hydrogen) atoms. The third-order valence-corrected chi connectivity index (χ3v) is 5.11. The summed E-state index contributed by atoms with van der Waals surface area (Å²) in [6.07, 6.45) is 0. The van der Waals surface area contributed by atoms with Crippen molar-refractivity contribution in [1.82, 2.24) is 24.6 Å². The third-order valence-electron chi connectivity index (χ3n) is 3.37. The van der Waals surface area contributed by atoms with Gasteiger partial charge >= 0.3 is 0 Å². The lowest BCUT2D eigenvalue weighted by molar-refractivity contribution is 0.845. The van der Waals surface area contributed by atoms with E-state index in [4.69, 9.17) is 23.2 Å². The van der Waals surface area contributed by atoms with Crippen molar-refractivity contribution in [1.29, 1.82) is 0 Å². The van der Waals surface area contributed by atoms with Gasteiger partial charge in [-0.2, -0.15) is 9.97 Å². The van der Waals surface area contributed by atoms with Crippen LogP contribution in [-0.4, -0.2) is 52.8 Å². The van der Waals surface area contributed by atoms with E-state index >= 15 is 0 Å². The van der Waals surface area contributed by atoms with E-state index in [0.717, 1.165) is 16.7 Å². The monoisotopic (exact) mass is 397 g/mol. The molecule has 0 atom stereocenters. The Kier molecular flexibility index (Phi) is 5.21. The molecule has 0 aliphatic rings. The smallest absolute Gasteiger partial charge is 0.261 e. The van der Waals surface area contributed by atoms with Gasteiger partial charge in [-0.25, -0.2) is 4.40 Å². The van der Waals surface area contributed by atoms with Crippen molar-refractivity contribution in [2.75, 3.05) is 38.0 Å². The number of benzene rings is 1. The fourth-order valence-electron chi connectivity index (χ4n) is 2.13. The largest absolute Gasteiger partial charge is 0.348 e. The number of rotatable bonds is 5. The van der Waals surface area contributed by atoms with Crippen LogP contribution in [0.2, 0.25) is 10.0 Å². The summed E-state index contributed by atoms with van der Waals surface area (Å²) in [5.74, 6) is 2.50. The molecule has 10 heteroatoms. The van der Waals surface area contributed by atoms with Crippen molar-refractivity contribution in [3.63, 3.8) is 0 Å². The molecule has 2 aromatic heterocycles. The van der Waals surface area contributed by atoms with E-state index in [1.54, 1.807) is 6.07 Å². The average molecular weight is 398 g/mol. The van der Waals surface area contributed by atoms with Crippen LogP contribution in [0.3, 0.4) is 0 Å². The molecule has 0 spiro atoms. The van der Waals surface area contributed by atoms with Crippen LogP contribution in [0, 0.1) is 0 Å². The summed E-state index contributed by atoms with van der Waals surface area (Å²) in [6.45, 7) is 0. The van der Waals surface area contributed by atoms with Gasteiger partial charge in [0.2, 0.25) is 11.9 Å². The molecular weight excluding hydrogens is 381 g/mol. The second kappa shape index (κ2) is 7.23. The Hall–Kier alpha value is -1.77. The summed E-state index contributed by atoms with van der Waals surface area (Å²) in [5, 5.41) is 10.3. The SMILES string of the molecule is CN(C)c1nc(N(C)C)n2c(SCc3ccc(Cl)c(Cl)c3)nnc2n1. The molecule has 0 saturated heterocycles. The van der Waals surface area contributed by atoms with Crippen LogP contribution in [-0.2, 0) is 5.75 Å². The highest BCUT2D eigenvalue weighted by atomic mass is 35.5. The lowest BCUT2D eigenvalue weighted by Gasteiger charge is -2.17. The highest BCUT2D eigenvalue weighted by Crippen LogP contribution is 2.28. The molecule has 1 aromatic carbocycles. The number of aromatic nitrogens is 5. The van der Waals surface area contributed by atoms with E-state index < -0.39 is 0 Å². The maximum absolute atomic E-state index is 6.08. The summed E-state index contributed by atoms with van der Waals surface area (Å²) in [5.41, 5.74) is 1.05. The summed E-state index contributed by atoms with van der Waals surface area (Å²) in [4.78, 5) is 12.8. The molecule has 0 N–H and O–H groups in total. The van der Waals surface area contributed by atoms with Crippen molar-refractivity contribution in [2.45, 2.75) is 10.9 Å². The zero-order valence-corrected chi connectivity index (χ0v) is 16.6. The van der Waals surface area contributed by atoms with Gasteiger partial charge in [0.15, 0.2) is 5.16 Å². The topological polar surface area (TPSA) is 62.5 Å². The van der Waals surface area contributed by atoms with Crippen molar-refractivity contribution in [2.24, 2.45) is 0 Å². The van der Waals surface area contributed by atoms with Crippen LogP contribution in [0.1, 0.15) is 5.56 Å². The van der Waals surface area contributed by atoms with Crippen molar-refractivity contribution < 1.29 is 0 Å². The first-order valence-electron chi connectivity index (χ1n) is 7.41. The molecule has 132 valence electrons. The minimum atomic E-state index is 0.513. The summed E-state index contributed by atoms with van der Waals surface area (Å²) in [7, 11) is 7.63. The third kappa shape index (κ3) is 3.75. The van der Waals surface area contributed by atoms with Gasteiger partial charge in [0.1, 0.15) is 0 Å². The van der Waals surface area contributed by atoms with Gasteiger partial charge in [0.05, 0.1) is 10.0 Å². The van der Waals surface area contributed by atoms with Crippen LogP contribution in [0.15, 0.2) is 23.4 Å². The first-order chi connectivity index (χ1) is 11.9. The predicted octanol–water partition coefficient (Wildman–Crippen LogP) is 3.25. The van der Waals surface area contributed by atoms with E-state index in [0.29, 0.717) is 27.5 Å². The minimum Gasteiger partial charge on any atom is -0.348 e. The second-order valence-corrected chi connectivity index (χ2v) is 7.52. The van der Waals surface area contributed by atoms with Crippen molar-refractivity contribution in [3.8, 4) is 0 Å². The normalized spacial score (nSPS) is 11.1. The van der Waals surface area contributed by atoms with E-state index in [1.165, 1.54) is 11.8 Å². The van der Waals surface area contributed by atoms with Gasteiger partial charge in [-0.3, -0.25) is 0 Å². The molecule has 0 amide bonds. The summed E-state index contributed by atoms with van der Waals surface area (Å²) >= 11 is 13.6. The standard InChI is InChI=1S/C15H17Cl2N7S/c1-22(2)12-18-13-20-21-15(24(13)14(19-12)23(3)4)25-8-9-5-6-10(16)11(17)7-9/h5-7H,8H2,1-4H3. The predicted molar refractivity (Wildman–Crippen MR) is 103 cm³/mol. The van der Waals surface area contributed by atoms with Crippen LogP contribution < -0.4 is 9.80 Å². The Balaban J connectivity index is 1.95. The number of anilines is 2. The van der Waals surface area contributed by atoms with Crippen LogP contribution in [0.5, 0.6) is 0 Å². The van der Waals surface area contributed by atoms with E-state index in [9.17, 15) is 0 Å². The number of hydrogen-bond acceptors (Lipinski definition) is 7. The van der Waals surface area contributed by atoms with Gasteiger partial charge in [-0.05, 0) is 17.7 Å². The van der Waals surface area contributed by atoms with Gasteiger partial charge < -0.3 is 9.80 Å². The van der Waals surface area contributed by atoms with Gasteiger partial charge in [0, 0.05) is 33.9 Å².